The summed E-state index contributed by atoms with van der Waals surface area (Å²) in [5, 5.41) is 2.37. The number of hydrogen-bond acceptors (Lipinski definition) is 2. The quantitative estimate of drug-likeness (QED) is 0.873. The van der Waals surface area contributed by atoms with Gasteiger partial charge in [-0.15, -0.1) is 0 Å². The lowest BCUT2D eigenvalue weighted by Gasteiger charge is -2.23. The molecule has 1 N–H and O–H groups in total. The molecule has 0 fully saturated rings. The second-order valence-corrected chi connectivity index (χ2v) is 5.44. The van der Waals surface area contributed by atoms with Crippen LogP contribution < -0.4 is 10.2 Å². The van der Waals surface area contributed by atoms with Crippen LogP contribution in [0.3, 0.4) is 0 Å². The number of halogens is 3. The first kappa shape index (κ1) is 17.8. The molecule has 0 atom stereocenters. The highest BCUT2D eigenvalue weighted by Gasteiger charge is 2.33. The van der Waals surface area contributed by atoms with Crippen LogP contribution in [0.4, 0.5) is 24.5 Å². The number of para-hydroxylation sites is 1. The van der Waals surface area contributed by atoms with Crippen molar-refractivity contribution < 1.29 is 18.0 Å². The van der Waals surface area contributed by atoms with Gasteiger partial charge in [-0.25, -0.2) is 0 Å². The first-order chi connectivity index (χ1) is 11.3. The Morgan fingerprint density at radius 2 is 1.83 bits per heavy atom. The molecule has 24 heavy (non-hydrogen) atoms. The zero-order valence-electron chi connectivity index (χ0n) is 13.5. The largest absolute Gasteiger partial charge is 0.418 e. The van der Waals surface area contributed by atoms with E-state index < -0.39 is 17.6 Å². The van der Waals surface area contributed by atoms with Gasteiger partial charge in [0, 0.05) is 12.2 Å². The summed E-state index contributed by atoms with van der Waals surface area (Å²) in [6.45, 7) is 4.38. The number of likely N-dealkylation sites (N-methyl/N-ethyl adjacent to an activating group) is 1. The fourth-order valence-electron chi connectivity index (χ4n) is 2.41. The third-order valence-corrected chi connectivity index (χ3v) is 3.59. The lowest BCUT2D eigenvalue weighted by molar-refractivity contribution is -0.137. The molecule has 0 aliphatic rings. The number of hydrogen-bond donors (Lipinski definition) is 1. The van der Waals surface area contributed by atoms with E-state index in [1.165, 1.54) is 18.2 Å². The normalized spacial score (nSPS) is 11.2. The van der Waals surface area contributed by atoms with Gasteiger partial charge in [0.25, 0.3) is 0 Å². The van der Waals surface area contributed by atoms with E-state index in [2.05, 4.69) is 5.32 Å². The topological polar surface area (TPSA) is 32.3 Å². The van der Waals surface area contributed by atoms with Crippen LogP contribution in [0, 0.1) is 6.92 Å². The van der Waals surface area contributed by atoms with E-state index in [-0.39, 0.29) is 12.2 Å². The van der Waals surface area contributed by atoms with E-state index in [0.717, 1.165) is 17.3 Å². The highest BCUT2D eigenvalue weighted by atomic mass is 19.4. The second-order valence-electron chi connectivity index (χ2n) is 5.44. The number of aryl methyl sites for hydroxylation is 1. The minimum atomic E-state index is -4.51. The molecule has 0 heterocycles. The number of amides is 1. The number of nitrogens with zero attached hydrogens (tertiary/aromatic N) is 1. The van der Waals surface area contributed by atoms with Crippen LogP contribution in [0.5, 0.6) is 0 Å². The van der Waals surface area contributed by atoms with Crippen molar-refractivity contribution in [2.24, 2.45) is 0 Å². The molecule has 1 amide bonds. The fourth-order valence-corrected chi connectivity index (χ4v) is 2.41. The Labute approximate surface area is 139 Å². The van der Waals surface area contributed by atoms with E-state index >= 15 is 0 Å². The monoisotopic (exact) mass is 336 g/mol. The Morgan fingerprint density at radius 3 is 2.46 bits per heavy atom. The summed E-state index contributed by atoms with van der Waals surface area (Å²) in [5.41, 5.74) is 0.831. The van der Waals surface area contributed by atoms with E-state index in [1.54, 1.807) is 4.90 Å². The maximum Gasteiger partial charge on any atom is 0.418 e. The maximum absolute atomic E-state index is 13.0. The molecule has 0 saturated carbocycles. The molecule has 2 rings (SSSR count). The summed E-state index contributed by atoms with van der Waals surface area (Å²) >= 11 is 0. The van der Waals surface area contributed by atoms with Crippen molar-refractivity contribution in [3.8, 4) is 0 Å². The van der Waals surface area contributed by atoms with Gasteiger partial charge in [0.2, 0.25) is 5.91 Å². The summed E-state index contributed by atoms with van der Waals surface area (Å²) in [7, 11) is 0. The third-order valence-electron chi connectivity index (χ3n) is 3.59. The Balaban J connectivity index is 2.13. The predicted molar refractivity (Wildman–Crippen MR) is 89.1 cm³/mol. The molecule has 0 radical (unpaired) electrons. The van der Waals surface area contributed by atoms with Gasteiger partial charge in [0.1, 0.15) is 0 Å². The minimum Gasteiger partial charge on any atom is -0.362 e. The Hall–Kier alpha value is -2.50. The summed E-state index contributed by atoms with van der Waals surface area (Å²) in [5.74, 6) is -0.491. The van der Waals surface area contributed by atoms with Gasteiger partial charge in [-0.2, -0.15) is 13.2 Å². The van der Waals surface area contributed by atoms with Crippen LogP contribution in [-0.4, -0.2) is 19.0 Å². The standard InChI is InChI=1S/C18H19F3N2O/c1-3-23(14-8-6-7-13(2)11-14)12-17(24)22-16-10-5-4-9-15(16)18(19,20)21/h4-11H,3,12H2,1-2H3,(H,22,24). The number of carbonyl (C=O) groups is 1. The van der Waals surface area contributed by atoms with Crippen molar-refractivity contribution in [2.75, 3.05) is 23.3 Å². The van der Waals surface area contributed by atoms with E-state index in [4.69, 9.17) is 0 Å². The molecule has 3 nitrogen and oxygen atoms in total. The van der Waals surface area contributed by atoms with Gasteiger partial charge in [-0.1, -0.05) is 24.3 Å². The Bertz CT molecular complexity index is 713. The predicted octanol–water partition coefficient (Wildman–Crippen LogP) is 4.48. The van der Waals surface area contributed by atoms with E-state index in [0.29, 0.717) is 6.54 Å². The van der Waals surface area contributed by atoms with Gasteiger partial charge in [-0.05, 0) is 43.7 Å². The van der Waals surface area contributed by atoms with Crippen LogP contribution in [0.15, 0.2) is 48.5 Å². The first-order valence-corrected chi connectivity index (χ1v) is 7.59. The number of anilines is 2. The van der Waals surface area contributed by atoms with Crippen molar-refractivity contribution in [3.63, 3.8) is 0 Å². The average Bonchev–Trinajstić information content (AvgIpc) is 2.52. The van der Waals surface area contributed by atoms with Gasteiger partial charge < -0.3 is 10.2 Å². The first-order valence-electron chi connectivity index (χ1n) is 7.59. The zero-order valence-corrected chi connectivity index (χ0v) is 13.5. The number of rotatable bonds is 5. The number of nitrogens with one attached hydrogen (secondary N) is 1. The second kappa shape index (κ2) is 7.38. The number of alkyl halides is 3. The van der Waals surface area contributed by atoms with Crippen molar-refractivity contribution in [1.82, 2.24) is 0 Å². The smallest absolute Gasteiger partial charge is 0.362 e. The average molecular weight is 336 g/mol. The van der Waals surface area contributed by atoms with Gasteiger partial charge >= 0.3 is 6.18 Å². The lowest BCUT2D eigenvalue weighted by Crippen LogP contribution is -2.33. The van der Waals surface area contributed by atoms with Crippen LogP contribution >= 0.6 is 0 Å². The molecule has 0 bridgehead atoms. The SMILES string of the molecule is CCN(CC(=O)Nc1ccccc1C(F)(F)F)c1cccc(C)c1. The third kappa shape index (κ3) is 4.50. The Morgan fingerprint density at radius 1 is 1.12 bits per heavy atom. The highest BCUT2D eigenvalue weighted by molar-refractivity contribution is 5.94. The molecular formula is C18H19F3N2O. The van der Waals surface area contributed by atoms with Gasteiger partial charge in [0.15, 0.2) is 0 Å². The number of benzene rings is 2. The van der Waals surface area contributed by atoms with E-state index in [9.17, 15) is 18.0 Å². The van der Waals surface area contributed by atoms with Crippen LogP contribution in [-0.2, 0) is 11.0 Å². The van der Waals surface area contributed by atoms with Crippen molar-refractivity contribution in [2.45, 2.75) is 20.0 Å². The van der Waals surface area contributed by atoms with Crippen LogP contribution in [0.25, 0.3) is 0 Å². The minimum absolute atomic E-state index is 0.0217. The molecule has 0 aliphatic heterocycles. The highest BCUT2D eigenvalue weighted by Crippen LogP contribution is 2.34. The van der Waals surface area contributed by atoms with Crippen molar-refractivity contribution >= 4 is 17.3 Å². The summed E-state index contributed by atoms with van der Waals surface area (Å²) < 4.78 is 38.9. The summed E-state index contributed by atoms with van der Waals surface area (Å²) in [6, 6.07) is 12.6. The molecule has 2 aromatic rings. The van der Waals surface area contributed by atoms with Crippen molar-refractivity contribution in [3.05, 3.63) is 59.7 Å². The molecule has 0 unspecified atom stereocenters. The summed E-state index contributed by atoms with van der Waals surface area (Å²) in [6.07, 6.45) is -4.51. The van der Waals surface area contributed by atoms with Crippen LogP contribution in [0.1, 0.15) is 18.1 Å². The maximum atomic E-state index is 13.0. The van der Waals surface area contributed by atoms with Crippen molar-refractivity contribution in [1.29, 1.82) is 0 Å². The van der Waals surface area contributed by atoms with E-state index in [1.807, 2.05) is 38.1 Å². The zero-order chi connectivity index (χ0) is 17.7. The molecule has 0 aliphatic carbocycles. The summed E-state index contributed by atoms with van der Waals surface area (Å²) in [4.78, 5) is 14.0. The number of carbonyl (C=O) groups excluding carboxylic acids is 1. The molecule has 0 aromatic heterocycles. The lowest BCUT2D eigenvalue weighted by atomic mass is 10.1. The molecule has 0 spiro atoms. The van der Waals surface area contributed by atoms with Crippen LogP contribution in [0.2, 0.25) is 0 Å². The molecule has 128 valence electrons. The molecule has 0 saturated heterocycles. The molecule has 2 aromatic carbocycles. The fraction of sp³-hybridized carbons (Fsp3) is 0.278. The molecular weight excluding hydrogens is 317 g/mol. The molecule has 6 heteroatoms. The van der Waals surface area contributed by atoms with Gasteiger partial charge in [0.05, 0.1) is 17.8 Å². The Kier molecular flexibility index (Phi) is 5.49. The van der Waals surface area contributed by atoms with Gasteiger partial charge in [-0.3, -0.25) is 4.79 Å².